The second-order valence-electron chi connectivity index (χ2n) is 4.20. The van der Waals surface area contributed by atoms with Crippen LogP contribution in [-0.2, 0) is 0 Å². The van der Waals surface area contributed by atoms with E-state index in [4.69, 9.17) is 4.74 Å². The molecule has 1 unspecified atom stereocenters. The van der Waals surface area contributed by atoms with E-state index in [1.807, 2.05) is 31.3 Å². The Hall–Kier alpha value is -1.88. The molecule has 18 heavy (non-hydrogen) atoms. The summed E-state index contributed by atoms with van der Waals surface area (Å²) in [6, 6.07) is 5.99. The number of H-pyrrole nitrogens is 1. The Labute approximate surface area is 107 Å². The summed E-state index contributed by atoms with van der Waals surface area (Å²) in [5.41, 5.74) is 2.10. The molecule has 2 N–H and O–H groups in total. The molecule has 0 aliphatic carbocycles. The van der Waals surface area contributed by atoms with Crippen LogP contribution in [0.5, 0.6) is 11.8 Å². The van der Waals surface area contributed by atoms with E-state index in [-0.39, 0.29) is 0 Å². The van der Waals surface area contributed by atoms with Gasteiger partial charge >= 0.3 is 0 Å². The fraction of sp³-hybridized carbons (Fsp3) is 0.385. The molecule has 0 aliphatic rings. The van der Waals surface area contributed by atoms with E-state index in [0.717, 1.165) is 17.8 Å². The normalized spacial score (nSPS) is 12.4. The Morgan fingerprint density at radius 3 is 2.78 bits per heavy atom. The number of aromatic nitrogens is 3. The SMILES string of the molecule is CCNC(C)c1ccc(Oc2cc(C)[nH]n2)nc1. The maximum Gasteiger partial charge on any atom is 0.240 e. The number of aryl methyl sites for hydroxylation is 1. The third-order valence-corrected chi connectivity index (χ3v) is 2.66. The van der Waals surface area contributed by atoms with Gasteiger partial charge in [-0.1, -0.05) is 13.0 Å². The van der Waals surface area contributed by atoms with Gasteiger partial charge in [-0.05, 0) is 26.0 Å². The number of ether oxygens (including phenoxy) is 1. The first-order valence-corrected chi connectivity index (χ1v) is 6.08. The topological polar surface area (TPSA) is 62.8 Å². The Morgan fingerprint density at radius 1 is 1.39 bits per heavy atom. The lowest BCUT2D eigenvalue weighted by molar-refractivity contribution is 0.442. The molecule has 0 radical (unpaired) electrons. The minimum absolute atomic E-state index is 0.296. The van der Waals surface area contributed by atoms with Crippen LogP contribution in [0.2, 0.25) is 0 Å². The van der Waals surface area contributed by atoms with E-state index >= 15 is 0 Å². The Bertz CT molecular complexity index is 492. The quantitative estimate of drug-likeness (QED) is 0.851. The van der Waals surface area contributed by atoms with Gasteiger partial charge in [0.15, 0.2) is 0 Å². The number of hydrogen-bond acceptors (Lipinski definition) is 4. The molecule has 5 nitrogen and oxygen atoms in total. The monoisotopic (exact) mass is 246 g/mol. The molecule has 2 rings (SSSR count). The zero-order valence-electron chi connectivity index (χ0n) is 10.9. The van der Waals surface area contributed by atoms with Gasteiger partial charge in [0.2, 0.25) is 11.8 Å². The molecule has 96 valence electrons. The predicted octanol–water partition coefficient (Wildman–Crippen LogP) is 2.58. The van der Waals surface area contributed by atoms with Crippen molar-refractivity contribution in [1.82, 2.24) is 20.5 Å². The van der Waals surface area contributed by atoms with Crippen molar-refractivity contribution in [3.8, 4) is 11.8 Å². The summed E-state index contributed by atoms with van der Waals surface area (Å²) >= 11 is 0. The van der Waals surface area contributed by atoms with Gasteiger partial charge in [0.1, 0.15) is 0 Å². The third kappa shape index (κ3) is 3.07. The second-order valence-corrected chi connectivity index (χ2v) is 4.20. The minimum Gasteiger partial charge on any atom is -0.419 e. The molecule has 0 bridgehead atoms. The van der Waals surface area contributed by atoms with Gasteiger partial charge in [0.05, 0.1) is 0 Å². The van der Waals surface area contributed by atoms with Crippen molar-refractivity contribution in [3.63, 3.8) is 0 Å². The summed E-state index contributed by atoms with van der Waals surface area (Å²) in [4.78, 5) is 4.27. The first kappa shape index (κ1) is 12.6. The van der Waals surface area contributed by atoms with E-state index < -0.39 is 0 Å². The largest absolute Gasteiger partial charge is 0.419 e. The van der Waals surface area contributed by atoms with Crippen LogP contribution in [0.4, 0.5) is 0 Å². The van der Waals surface area contributed by atoms with Gasteiger partial charge in [0.25, 0.3) is 0 Å². The van der Waals surface area contributed by atoms with E-state index in [2.05, 4.69) is 34.3 Å². The van der Waals surface area contributed by atoms with Gasteiger partial charge in [0, 0.05) is 30.1 Å². The highest BCUT2D eigenvalue weighted by atomic mass is 16.5. The smallest absolute Gasteiger partial charge is 0.240 e. The number of nitrogens with one attached hydrogen (secondary N) is 2. The fourth-order valence-corrected chi connectivity index (χ4v) is 1.68. The molecule has 2 aromatic heterocycles. The molecule has 1 atom stereocenters. The van der Waals surface area contributed by atoms with Crippen LogP contribution in [0.1, 0.15) is 31.1 Å². The Kier molecular flexibility index (Phi) is 3.94. The van der Waals surface area contributed by atoms with E-state index in [1.165, 1.54) is 0 Å². The van der Waals surface area contributed by atoms with Gasteiger partial charge in [-0.15, -0.1) is 5.10 Å². The lowest BCUT2D eigenvalue weighted by Crippen LogP contribution is -2.17. The second kappa shape index (κ2) is 5.64. The van der Waals surface area contributed by atoms with Gasteiger partial charge in [-0.2, -0.15) is 0 Å². The standard InChI is InChI=1S/C13H18N4O/c1-4-14-10(3)11-5-6-12(15-8-11)18-13-7-9(2)16-17-13/h5-8,10,14H,4H2,1-3H3,(H,16,17). The van der Waals surface area contributed by atoms with E-state index in [0.29, 0.717) is 17.8 Å². The van der Waals surface area contributed by atoms with Crippen LogP contribution in [0.25, 0.3) is 0 Å². The molecular formula is C13H18N4O. The van der Waals surface area contributed by atoms with Crippen molar-refractivity contribution in [2.75, 3.05) is 6.54 Å². The third-order valence-electron chi connectivity index (χ3n) is 2.66. The molecule has 0 amide bonds. The lowest BCUT2D eigenvalue weighted by Gasteiger charge is -2.12. The van der Waals surface area contributed by atoms with Gasteiger partial charge < -0.3 is 10.1 Å². The molecular weight excluding hydrogens is 228 g/mol. The number of pyridine rings is 1. The van der Waals surface area contributed by atoms with Crippen LogP contribution in [0, 0.1) is 6.92 Å². The molecule has 0 saturated carbocycles. The summed E-state index contributed by atoms with van der Waals surface area (Å²) in [7, 11) is 0. The average molecular weight is 246 g/mol. The average Bonchev–Trinajstić information content (AvgIpc) is 2.76. The van der Waals surface area contributed by atoms with Crippen LogP contribution in [-0.4, -0.2) is 21.7 Å². The zero-order chi connectivity index (χ0) is 13.0. The van der Waals surface area contributed by atoms with Crippen molar-refractivity contribution >= 4 is 0 Å². The van der Waals surface area contributed by atoms with Crippen LogP contribution < -0.4 is 10.1 Å². The predicted molar refractivity (Wildman–Crippen MR) is 69.7 cm³/mol. The summed E-state index contributed by atoms with van der Waals surface area (Å²) < 4.78 is 5.52. The van der Waals surface area contributed by atoms with E-state index in [9.17, 15) is 0 Å². The van der Waals surface area contributed by atoms with Gasteiger partial charge in [-0.3, -0.25) is 5.10 Å². The van der Waals surface area contributed by atoms with Crippen molar-refractivity contribution in [2.24, 2.45) is 0 Å². The number of rotatable bonds is 5. The summed E-state index contributed by atoms with van der Waals surface area (Å²) in [5.74, 6) is 1.08. The number of aromatic amines is 1. The molecule has 5 heteroatoms. The summed E-state index contributed by atoms with van der Waals surface area (Å²) in [6.45, 7) is 7.06. The first-order valence-electron chi connectivity index (χ1n) is 6.08. The van der Waals surface area contributed by atoms with E-state index in [1.54, 1.807) is 0 Å². The molecule has 0 aromatic carbocycles. The highest BCUT2D eigenvalue weighted by Crippen LogP contribution is 2.19. The van der Waals surface area contributed by atoms with Gasteiger partial charge in [-0.25, -0.2) is 4.98 Å². The zero-order valence-corrected chi connectivity index (χ0v) is 10.9. The van der Waals surface area contributed by atoms with Crippen molar-refractivity contribution in [2.45, 2.75) is 26.8 Å². The number of nitrogens with zero attached hydrogens (tertiary/aromatic N) is 2. The molecule has 0 aliphatic heterocycles. The summed E-state index contributed by atoms with van der Waals surface area (Å²) in [5, 5.41) is 10.2. The van der Waals surface area contributed by atoms with Crippen LogP contribution >= 0.6 is 0 Å². The Balaban J connectivity index is 2.03. The lowest BCUT2D eigenvalue weighted by atomic mass is 10.1. The Morgan fingerprint density at radius 2 is 2.22 bits per heavy atom. The maximum atomic E-state index is 5.52. The maximum absolute atomic E-state index is 5.52. The molecule has 2 aromatic rings. The highest BCUT2D eigenvalue weighted by molar-refractivity contribution is 5.24. The van der Waals surface area contributed by atoms with Crippen molar-refractivity contribution in [3.05, 3.63) is 35.7 Å². The van der Waals surface area contributed by atoms with Crippen molar-refractivity contribution < 1.29 is 4.74 Å². The molecule has 0 saturated heterocycles. The number of hydrogen-bond donors (Lipinski definition) is 2. The molecule has 0 spiro atoms. The minimum atomic E-state index is 0.296. The first-order chi connectivity index (χ1) is 8.69. The molecule has 2 heterocycles. The van der Waals surface area contributed by atoms with Crippen LogP contribution in [0.3, 0.4) is 0 Å². The van der Waals surface area contributed by atoms with Crippen molar-refractivity contribution in [1.29, 1.82) is 0 Å². The fourth-order valence-electron chi connectivity index (χ4n) is 1.68. The highest BCUT2D eigenvalue weighted by Gasteiger charge is 2.06. The van der Waals surface area contributed by atoms with Crippen LogP contribution in [0.15, 0.2) is 24.4 Å². The summed E-state index contributed by atoms with van der Waals surface area (Å²) in [6.07, 6.45) is 1.82. The molecule has 0 fully saturated rings.